The minimum absolute atomic E-state index is 0.0280. The van der Waals surface area contributed by atoms with Crippen molar-refractivity contribution in [3.8, 4) is 0 Å². The van der Waals surface area contributed by atoms with Crippen LogP contribution < -0.4 is 16.6 Å². The lowest BCUT2D eigenvalue weighted by Crippen LogP contribution is -2.50. The van der Waals surface area contributed by atoms with E-state index >= 15 is 0 Å². The first-order valence-corrected chi connectivity index (χ1v) is 10.5. The van der Waals surface area contributed by atoms with Crippen molar-refractivity contribution in [1.29, 1.82) is 0 Å². The highest BCUT2D eigenvalue weighted by atomic mass is 16.4. The Kier molecular flexibility index (Phi) is 6.92. The fourth-order valence-electron chi connectivity index (χ4n) is 3.80. The summed E-state index contributed by atoms with van der Waals surface area (Å²) >= 11 is 0. The standard InChI is InChI=1S/C24H27N3O5/c1-15(2)13-18(23(30)31)25-21(28)20(14-16-9-5-4-6-10-16)27-22(29)17-11-7-8-12-19(17)26(3)24(27)32/h4-12,15,18,20H,13-14H2,1-3H3,(H,25,28)(H,30,31)/t18-,20-/m0/s1. The van der Waals surface area contributed by atoms with Gasteiger partial charge in [0.05, 0.1) is 10.9 Å². The fourth-order valence-corrected chi connectivity index (χ4v) is 3.80. The van der Waals surface area contributed by atoms with Crippen LogP contribution in [0.1, 0.15) is 31.9 Å². The summed E-state index contributed by atoms with van der Waals surface area (Å²) in [7, 11) is 1.54. The zero-order valence-corrected chi connectivity index (χ0v) is 18.3. The molecule has 0 spiro atoms. The highest BCUT2D eigenvalue weighted by Gasteiger charge is 2.30. The van der Waals surface area contributed by atoms with Crippen molar-refractivity contribution in [2.24, 2.45) is 13.0 Å². The summed E-state index contributed by atoms with van der Waals surface area (Å²) in [5.41, 5.74) is -0.0256. The van der Waals surface area contributed by atoms with Crippen LogP contribution >= 0.6 is 0 Å². The molecule has 0 aliphatic rings. The molecule has 0 saturated heterocycles. The normalized spacial score (nSPS) is 13.1. The summed E-state index contributed by atoms with van der Waals surface area (Å²) in [6.45, 7) is 3.71. The van der Waals surface area contributed by atoms with Crippen LogP contribution in [0.5, 0.6) is 0 Å². The third-order valence-electron chi connectivity index (χ3n) is 5.42. The molecule has 2 N–H and O–H groups in total. The predicted molar refractivity (Wildman–Crippen MR) is 122 cm³/mol. The Bertz CT molecular complexity index is 1240. The molecule has 0 unspecified atom stereocenters. The first kappa shape index (κ1) is 23.0. The van der Waals surface area contributed by atoms with E-state index in [9.17, 15) is 24.3 Å². The number of carboxylic acid groups (broad SMARTS) is 1. The molecule has 0 radical (unpaired) electrons. The van der Waals surface area contributed by atoms with Gasteiger partial charge in [0, 0.05) is 13.5 Å². The van der Waals surface area contributed by atoms with Gasteiger partial charge in [0.2, 0.25) is 5.91 Å². The molecule has 32 heavy (non-hydrogen) atoms. The van der Waals surface area contributed by atoms with Gasteiger partial charge < -0.3 is 10.4 Å². The van der Waals surface area contributed by atoms with Crippen LogP contribution in [0.4, 0.5) is 0 Å². The molecule has 0 aliphatic heterocycles. The molecule has 8 heteroatoms. The van der Waals surface area contributed by atoms with E-state index < -0.39 is 35.2 Å². The molecule has 0 bridgehead atoms. The summed E-state index contributed by atoms with van der Waals surface area (Å²) in [5, 5.41) is 12.4. The Morgan fingerprint density at radius 2 is 1.62 bits per heavy atom. The molecule has 2 aromatic carbocycles. The summed E-state index contributed by atoms with van der Waals surface area (Å²) in [4.78, 5) is 51.5. The van der Waals surface area contributed by atoms with Gasteiger partial charge >= 0.3 is 11.7 Å². The quantitative estimate of drug-likeness (QED) is 0.561. The predicted octanol–water partition coefficient (Wildman–Crippen LogP) is 2.10. The van der Waals surface area contributed by atoms with Crippen LogP contribution in [-0.4, -0.2) is 32.2 Å². The average Bonchev–Trinajstić information content (AvgIpc) is 2.76. The maximum atomic E-state index is 13.3. The second-order valence-electron chi connectivity index (χ2n) is 8.27. The van der Waals surface area contributed by atoms with E-state index in [0.717, 1.165) is 10.1 Å². The number of aliphatic carboxylic acids is 1. The number of amides is 1. The zero-order chi connectivity index (χ0) is 23.4. The van der Waals surface area contributed by atoms with Crippen molar-refractivity contribution < 1.29 is 14.7 Å². The molecule has 8 nitrogen and oxygen atoms in total. The minimum atomic E-state index is -1.21. The van der Waals surface area contributed by atoms with Gasteiger partial charge in [0.15, 0.2) is 0 Å². The van der Waals surface area contributed by atoms with E-state index in [1.165, 1.54) is 11.6 Å². The van der Waals surface area contributed by atoms with E-state index in [2.05, 4.69) is 5.32 Å². The second-order valence-corrected chi connectivity index (χ2v) is 8.27. The number of carbonyl (C=O) groups excluding carboxylic acids is 1. The fraction of sp³-hybridized carbons (Fsp3) is 0.333. The third kappa shape index (κ3) is 4.80. The Morgan fingerprint density at radius 1 is 1.00 bits per heavy atom. The molecule has 0 fully saturated rings. The smallest absolute Gasteiger partial charge is 0.331 e. The van der Waals surface area contributed by atoms with Crippen LogP contribution in [0.3, 0.4) is 0 Å². The molecule has 3 aromatic rings. The Hall–Kier alpha value is -3.68. The van der Waals surface area contributed by atoms with Crippen LogP contribution in [0.25, 0.3) is 10.9 Å². The van der Waals surface area contributed by atoms with E-state index in [-0.39, 0.29) is 18.8 Å². The van der Waals surface area contributed by atoms with Gasteiger partial charge in [-0.15, -0.1) is 0 Å². The first-order chi connectivity index (χ1) is 15.2. The molecular weight excluding hydrogens is 410 g/mol. The lowest BCUT2D eigenvalue weighted by atomic mass is 10.0. The van der Waals surface area contributed by atoms with Gasteiger partial charge in [-0.1, -0.05) is 56.3 Å². The van der Waals surface area contributed by atoms with Crippen LogP contribution in [0.2, 0.25) is 0 Å². The van der Waals surface area contributed by atoms with Gasteiger partial charge in [0.25, 0.3) is 5.56 Å². The third-order valence-corrected chi connectivity index (χ3v) is 5.42. The number of fused-ring (bicyclic) bond motifs is 1. The van der Waals surface area contributed by atoms with Crippen molar-refractivity contribution in [2.45, 2.75) is 38.8 Å². The molecule has 1 heterocycles. The van der Waals surface area contributed by atoms with Gasteiger partial charge in [0.1, 0.15) is 12.1 Å². The Labute approximate surface area is 185 Å². The van der Waals surface area contributed by atoms with Crippen molar-refractivity contribution in [3.63, 3.8) is 0 Å². The number of nitrogens with zero attached hydrogens (tertiary/aromatic N) is 2. The van der Waals surface area contributed by atoms with Gasteiger partial charge in [-0.3, -0.25) is 14.2 Å². The summed E-state index contributed by atoms with van der Waals surface area (Å²) in [5.74, 6) is -1.82. The largest absolute Gasteiger partial charge is 0.480 e. The number of nitrogens with one attached hydrogen (secondary N) is 1. The molecule has 1 amide bonds. The summed E-state index contributed by atoms with van der Waals surface area (Å²) in [6, 6.07) is 13.3. The molecule has 0 aliphatic carbocycles. The molecular formula is C24H27N3O5. The topological polar surface area (TPSA) is 110 Å². The molecule has 0 saturated carbocycles. The van der Waals surface area contributed by atoms with Crippen LogP contribution in [0, 0.1) is 5.92 Å². The number of para-hydroxylation sites is 1. The monoisotopic (exact) mass is 437 g/mol. The van der Waals surface area contributed by atoms with Crippen LogP contribution in [0.15, 0.2) is 64.2 Å². The number of benzene rings is 2. The number of rotatable bonds is 8. The van der Waals surface area contributed by atoms with Crippen molar-refractivity contribution in [2.75, 3.05) is 0 Å². The van der Waals surface area contributed by atoms with Gasteiger partial charge in [-0.2, -0.15) is 0 Å². The molecule has 1 aromatic heterocycles. The zero-order valence-electron chi connectivity index (χ0n) is 18.3. The number of aromatic nitrogens is 2. The van der Waals surface area contributed by atoms with E-state index in [1.54, 1.807) is 48.5 Å². The average molecular weight is 437 g/mol. The summed E-state index contributed by atoms with van der Waals surface area (Å²) in [6.07, 6.45) is 0.290. The van der Waals surface area contributed by atoms with Gasteiger partial charge in [-0.25, -0.2) is 14.2 Å². The Balaban J connectivity index is 2.14. The maximum Gasteiger partial charge on any atom is 0.331 e. The molecule has 3 rings (SSSR count). The highest BCUT2D eigenvalue weighted by Crippen LogP contribution is 2.15. The number of carbonyl (C=O) groups is 2. The molecule has 168 valence electrons. The first-order valence-electron chi connectivity index (χ1n) is 10.5. The summed E-state index contributed by atoms with van der Waals surface area (Å²) < 4.78 is 2.25. The molecule has 2 atom stereocenters. The van der Waals surface area contributed by atoms with E-state index in [0.29, 0.717) is 10.9 Å². The number of carboxylic acids is 1. The van der Waals surface area contributed by atoms with Gasteiger partial charge in [-0.05, 0) is 30.0 Å². The highest BCUT2D eigenvalue weighted by molar-refractivity contribution is 5.86. The van der Waals surface area contributed by atoms with Crippen molar-refractivity contribution in [3.05, 3.63) is 81.0 Å². The van der Waals surface area contributed by atoms with Crippen molar-refractivity contribution in [1.82, 2.24) is 14.5 Å². The lowest BCUT2D eigenvalue weighted by molar-refractivity contribution is -0.142. The maximum absolute atomic E-state index is 13.3. The number of hydrogen-bond donors (Lipinski definition) is 2. The van der Waals surface area contributed by atoms with E-state index in [1.807, 2.05) is 19.9 Å². The second kappa shape index (κ2) is 9.64. The lowest BCUT2D eigenvalue weighted by Gasteiger charge is -2.23. The minimum Gasteiger partial charge on any atom is -0.480 e. The Morgan fingerprint density at radius 3 is 2.25 bits per heavy atom. The van der Waals surface area contributed by atoms with Crippen molar-refractivity contribution >= 4 is 22.8 Å². The number of aryl methyl sites for hydroxylation is 1. The van der Waals surface area contributed by atoms with E-state index in [4.69, 9.17) is 0 Å². The van der Waals surface area contributed by atoms with Crippen LogP contribution in [-0.2, 0) is 23.1 Å². The SMILES string of the molecule is CC(C)C[C@H](NC(=O)[C@H](Cc1ccccc1)n1c(=O)c2ccccc2n(C)c1=O)C(=O)O. The number of hydrogen-bond acceptors (Lipinski definition) is 4.